The summed E-state index contributed by atoms with van der Waals surface area (Å²) < 4.78 is 74.1. The maximum absolute atomic E-state index is 13.2. The zero-order valence-electron chi connectivity index (χ0n) is 8.31. The van der Waals surface area contributed by atoms with Gasteiger partial charge in [-0.3, -0.25) is 0 Å². The molecule has 1 aromatic rings. The van der Waals surface area contributed by atoms with E-state index in [-0.39, 0.29) is 6.07 Å². The third-order valence-corrected chi connectivity index (χ3v) is 2.70. The molecule has 19 heavy (non-hydrogen) atoms. The van der Waals surface area contributed by atoms with Crippen molar-refractivity contribution in [3.05, 3.63) is 22.0 Å². The van der Waals surface area contributed by atoms with E-state index in [1.165, 1.54) is 0 Å². The van der Waals surface area contributed by atoms with Crippen LogP contribution in [0.25, 0.3) is 0 Å². The molecule has 0 aliphatic heterocycles. The van der Waals surface area contributed by atoms with Crippen LogP contribution in [0.2, 0.25) is 0 Å². The van der Waals surface area contributed by atoms with Gasteiger partial charge in [0.15, 0.2) is 5.82 Å². The van der Waals surface area contributed by atoms with Crippen molar-refractivity contribution in [1.29, 1.82) is 0 Å². The number of aromatic nitrogens is 1. The van der Waals surface area contributed by atoms with Crippen LogP contribution in [-0.2, 0) is 9.05 Å². The van der Waals surface area contributed by atoms with E-state index < -0.39 is 42.7 Å². The second-order valence-electron chi connectivity index (χ2n) is 2.84. The van der Waals surface area contributed by atoms with Crippen LogP contribution in [0.3, 0.4) is 0 Å². The molecule has 0 spiro atoms. The third kappa shape index (κ3) is 3.89. The number of halogens is 5. The van der Waals surface area contributed by atoms with Gasteiger partial charge in [-0.15, -0.1) is 13.2 Å². The van der Waals surface area contributed by atoms with Crippen LogP contribution >= 0.6 is 10.7 Å². The second-order valence-corrected chi connectivity index (χ2v) is 5.32. The number of pyridine rings is 1. The largest absolute Gasteiger partial charge is 0.573 e. The predicted molar refractivity (Wildman–Crippen MR) is 50.6 cm³/mol. The molecule has 13 heteroatoms. The molecule has 0 aliphatic carbocycles. The molecular weight excluding hydrogens is 324 g/mol. The molecule has 1 heterocycles. The van der Waals surface area contributed by atoms with E-state index in [1.54, 1.807) is 0 Å². The lowest BCUT2D eigenvalue weighted by Crippen LogP contribution is -2.20. The minimum atomic E-state index is -5.44. The Morgan fingerprint density at radius 2 is 1.95 bits per heavy atom. The van der Waals surface area contributed by atoms with Crippen molar-refractivity contribution < 1.29 is 35.6 Å². The normalized spacial score (nSPS) is 12.3. The van der Waals surface area contributed by atoms with Crippen molar-refractivity contribution in [3.63, 3.8) is 0 Å². The summed E-state index contributed by atoms with van der Waals surface area (Å²) in [4.78, 5) is 11.7. The molecule has 106 valence electrons. The number of hydrogen-bond donors (Lipinski definition) is 0. The van der Waals surface area contributed by atoms with Crippen molar-refractivity contribution in [1.82, 2.24) is 4.98 Å². The highest BCUT2D eigenvalue weighted by Gasteiger charge is 2.39. The average molecular weight is 325 g/mol. The molecule has 7 nitrogen and oxygen atoms in total. The molecule has 0 aromatic carbocycles. The molecule has 0 bridgehead atoms. The van der Waals surface area contributed by atoms with Crippen LogP contribution in [0.1, 0.15) is 0 Å². The summed E-state index contributed by atoms with van der Waals surface area (Å²) in [5.74, 6) is -5.16. The van der Waals surface area contributed by atoms with Gasteiger partial charge in [0, 0.05) is 10.7 Å². The predicted octanol–water partition coefficient (Wildman–Crippen LogP) is 1.95. The van der Waals surface area contributed by atoms with E-state index in [4.69, 9.17) is 10.7 Å². The number of ether oxygens (including phenoxy) is 1. The molecule has 1 rings (SSSR count). The topological polar surface area (TPSA) is 99.4 Å². The van der Waals surface area contributed by atoms with Gasteiger partial charge in [-0.05, 0) is 9.91 Å². The molecule has 0 atom stereocenters. The average Bonchev–Trinajstić information content (AvgIpc) is 2.16. The number of alkyl halides is 3. The first kappa shape index (κ1) is 15.4. The molecule has 0 aliphatic rings. The van der Waals surface area contributed by atoms with Crippen molar-refractivity contribution in [3.8, 4) is 5.75 Å². The summed E-state index contributed by atoms with van der Waals surface area (Å²) in [6, 6.07) is -0.0351. The smallest absolute Gasteiger partial charge is 0.397 e. The zero-order valence-corrected chi connectivity index (χ0v) is 9.88. The van der Waals surface area contributed by atoms with Crippen molar-refractivity contribution in [2.45, 2.75) is 11.4 Å². The van der Waals surface area contributed by atoms with Gasteiger partial charge < -0.3 is 14.9 Å². The Morgan fingerprint density at radius 3 is 2.32 bits per heavy atom. The van der Waals surface area contributed by atoms with Gasteiger partial charge in [-0.1, -0.05) is 0 Å². The number of nitrogens with zero attached hydrogens (tertiary/aromatic N) is 2. The van der Waals surface area contributed by atoms with Gasteiger partial charge in [0.2, 0.25) is 5.75 Å². The van der Waals surface area contributed by atoms with Gasteiger partial charge in [0.25, 0.3) is 0 Å². The molecule has 0 saturated heterocycles. The Hall–Kier alpha value is -1.69. The molecule has 0 unspecified atom stereocenters. The SMILES string of the molecule is O=[N+]([O-])c1cc(F)c(OC(F)(F)F)c(S(=O)(=O)Cl)n1. The van der Waals surface area contributed by atoms with Crippen molar-refractivity contribution >= 4 is 25.6 Å². The van der Waals surface area contributed by atoms with E-state index in [9.17, 15) is 36.1 Å². The maximum atomic E-state index is 13.2. The molecule has 0 radical (unpaired) electrons. The highest BCUT2D eigenvalue weighted by molar-refractivity contribution is 8.13. The minimum absolute atomic E-state index is 0.0351. The third-order valence-electron chi connectivity index (χ3n) is 1.52. The Morgan fingerprint density at radius 1 is 1.42 bits per heavy atom. The molecule has 0 amide bonds. The van der Waals surface area contributed by atoms with Crippen LogP contribution < -0.4 is 4.74 Å². The van der Waals surface area contributed by atoms with Crippen LogP contribution in [0.15, 0.2) is 11.1 Å². The van der Waals surface area contributed by atoms with Gasteiger partial charge in [0.1, 0.15) is 0 Å². The molecular formula is C6HClF4N2O5S. The lowest BCUT2D eigenvalue weighted by molar-refractivity contribution is -0.390. The van der Waals surface area contributed by atoms with Gasteiger partial charge in [-0.2, -0.15) is 0 Å². The summed E-state index contributed by atoms with van der Waals surface area (Å²) in [5, 5.41) is 8.57. The van der Waals surface area contributed by atoms with Crippen LogP contribution in [0, 0.1) is 15.9 Å². The Labute approximate surface area is 106 Å². The fourth-order valence-corrected chi connectivity index (χ4v) is 1.81. The van der Waals surface area contributed by atoms with Crippen molar-refractivity contribution in [2.75, 3.05) is 0 Å². The maximum Gasteiger partial charge on any atom is 0.573 e. The summed E-state index contributed by atoms with van der Waals surface area (Å²) in [6.45, 7) is 0. The highest BCUT2D eigenvalue weighted by Crippen LogP contribution is 2.34. The lowest BCUT2D eigenvalue weighted by atomic mass is 10.4. The number of nitro groups is 1. The highest BCUT2D eigenvalue weighted by atomic mass is 35.7. The Kier molecular flexibility index (Phi) is 3.86. The van der Waals surface area contributed by atoms with Crippen molar-refractivity contribution in [2.24, 2.45) is 0 Å². The zero-order chi connectivity index (χ0) is 15.0. The van der Waals surface area contributed by atoms with E-state index in [1.807, 2.05) is 0 Å². The molecule has 0 N–H and O–H groups in total. The monoisotopic (exact) mass is 324 g/mol. The Bertz CT molecular complexity index is 631. The second kappa shape index (κ2) is 4.77. The first-order valence-electron chi connectivity index (χ1n) is 3.97. The van der Waals surface area contributed by atoms with E-state index >= 15 is 0 Å². The van der Waals surface area contributed by atoms with E-state index in [0.29, 0.717) is 0 Å². The van der Waals surface area contributed by atoms with Crippen LogP contribution in [-0.4, -0.2) is 24.7 Å². The number of rotatable bonds is 3. The first-order chi connectivity index (χ1) is 8.42. The minimum Gasteiger partial charge on any atom is -0.397 e. The van der Waals surface area contributed by atoms with Gasteiger partial charge in [-0.25, -0.2) is 12.8 Å². The summed E-state index contributed by atoms with van der Waals surface area (Å²) in [7, 11) is -0.278. The number of hydrogen-bond acceptors (Lipinski definition) is 6. The van der Waals surface area contributed by atoms with E-state index in [2.05, 4.69) is 9.72 Å². The van der Waals surface area contributed by atoms with Gasteiger partial charge in [0.05, 0.1) is 6.07 Å². The fraction of sp³-hybridized carbons (Fsp3) is 0.167. The van der Waals surface area contributed by atoms with Gasteiger partial charge >= 0.3 is 26.3 Å². The summed E-state index contributed by atoms with van der Waals surface area (Å²) >= 11 is 0. The molecule has 0 fully saturated rings. The molecule has 1 aromatic heterocycles. The summed E-state index contributed by atoms with van der Waals surface area (Å²) in [5.41, 5.74) is 0. The quantitative estimate of drug-likeness (QED) is 0.365. The van der Waals surface area contributed by atoms with Crippen LogP contribution in [0.5, 0.6) is 5.75 Å². The first-order valence-corrected chi connectivity index (χ1v) is 6.28. The standard InChI is InChI=1S/C6HClF4N2O5S/c7-19(16,17)5-4(18-6(9,10)11)2(8)1-3(12-5)13(14)15/h1H. The van der Waals surface area contributed by atoms with E-state index in [0.717, 1.165) is 0 Å². The van der Waals surface area contributed by atoms with Crippen LogP contribution in [0.4, 0.5) is 23.4 Å². The lowest BCUT2D eigenvalue weighted by Gasteiger charge is -2.09. The Balaban J connectivity index is 3.58. The fourth-order valence-electron chi connectivity index (χ4n) is 0.935. The summed E-state index contributed by atoms with van der Waals surface area (Å²) in [6.07, 6.45) is -5.44. The molecule has 0 saturated carbocycles.